The van der Waals surface area contributed by atoms with Gasteiger partial charge in [0.05, 0.1) is 24.4 Å². The van der Waals surface area contributed by atoms with Gasteiger partial charge in [0, 0.05) is 29.3 Å². The van der Waals surface area contributed by atoms with Crippen LogP contribution >= 0.6 is 11.6 Å². The van der Waals surface area contributed by atoms with Crippen LogP contribution in [0.15, 0.2) is 48.5 Å². The second-order valence-corrected chi connectivity index (χ2v) is 8.30. The van der Waals surface area contributed by atoms with Gasteiger partial charge >= 0.3 is 0 Å². The molecular formula is C24H24ClN3O3. The summed E-state index contributed by atoms with van der Waals surface area (Å²) in [6.07, 6.45) is 2.06. The molecule has 0 radical (unpaired) electrons. The van der Waals surface area contributed by atoms with Gasteiger partial charge < -0.3 is 14.4 Å². The number of ether oxygens (including phenoxy) is 2. The fourth-order valence-electron chi connectivity index (χ4n) is 4.48. The first-order chi connectivity index (χ1) is 15.2. The summed E-state index contributed by atoms with van der Waals surface area (Å²) in [7, 11) is 0. The van der Waals surface area contributed by atoms with Crippen LogP contribution in [-0.2, 0) is 4.74 Å². The number of nitrogens with one attached hydrogen (secondary N) is 1. The molecule has 6 nitrogen and oxygen atoms in total. The summed E-state index contributed by atoms with van der Waals surface area (Å²) in [5.74, 6) is 0.767. The van der Waals surface area contributed by atoms with Gasteiger partial charge in [-0.25, -0.2) is 0 Å². The van der Waals surface area contributed by atoms with Crippen LogP contribution in [0.25, 0.3) is 11.3 Å². The molecule has 2 unspecified atom stereocenters. The van der Waals surface area contributed by atoms with Gasteiger partial charge in [0.15, 0.2) is 0 Å². The first kappa shape index (κ1) is 20.1. The van der Waals surface area contributed by atoms with E-state index in [1.807, 2.05) is 60.4 Å². The second kappa shape index (κ2) is 8.36. The third kappa shape index (κ3) is 3.70. The van der Waals surface area contributed by atoms with Crippen molar-refractivity contribution in [3.05, 3.63) is 70.4 Å². The zero-order valence-electron chi connectivity index (χ0n) is 17.3. The van der Waals surface area contributed by atoms with Gasteiger partial charge in [-0.1, -0.05) is 35.9 Å². The van der Waals surface area contributed by atoms with E-state index in [9.17, 15) is 4.79 Å². The number of benzene rings is 2. The maximum absolute atomic E-state index is 13.4. The van der Waals surface area contributed by atoms with Crippen molar-refractivity contribution in [2.24, 2.45) is 0 Å². The highest BCUT2D eigenvalue weighted by Gasteiger charge is 2.43. The molecule has 0 bridgehead atoms. The van der Waals surface area contributed by atoms with Crippen LogP contribution in [0.4, 0.5) is 0 Å². The van der Waals surface area contributed by atoms with Gasteiger partial charge in [-0.3, -0.25) is 9.89 Å². The predicted octanol–water partition coefficient (Wildman–Crippen LogP) is 4.85. The number of amides is 1. The fourth-order valence-corrected chi connectivity index (χ4v) is 4.61. The van der Waals surface area contributed by atoms with E-state index in [0.717, 1.165) is 47.6 Å². The van der Waals surface area contributed by atoms with Gasteiger partial charge in [-0.15, -0.1) is 0 Å². The van der Waals surface area contributed by atoms with Crippen molar-refractivity contribution in [2.75, 3.05) is 19.8 Å². The Kier molecular flexibility index (Phi) is 5.42. The van der Waals surface area contributed by atoms with Crippen LogP contribution in [0.1, 0.15) is 47.4 Å². The molecule has 2 atom stereocenters. The second-order valence-electron chi connectivity index (χ2n) is 7.86. The molecule has 3 aromatic rings. The van der Waals surface area contributed by atoms with E-state index in [1.165, 1.54) is 0 Å². The Labute approximate surface area is 186 Å². The largest absolute Gasteiger partial charge is 0.494 e. The molecule has 160 valence electrons. The van der Waals surface area contributed by atoms with E-state index < -0.39 is 0 Å². The molecule has 1 fully saturated rings. The number of nitrogens with zero attached hydrogens (tertiary/aromatic N) is 2. The van der Waals surface area contributed by atoms with Crippen molar-refractivity contribution in [3.63, 3.8) is 0 Å². The topological polar surface area (TPSA) is 67.5 Å². The minimum absolute atomic E-state index is 0.0444. The highest BCUT2D eigenvalue weighted by Crippen LogP contribution is 2.43. The van der Waals surface area contributed by atoms with E-state index in [-0.39, 0.29) is 18.1 Å². The van der Waals surface area contributed by atoms with Gasteiger partial charge in [0.1, 0.15) is 11.4 Å². The van der Waals surface area contributed by atoms with Crippen molar-refractivity contribution < 1.29 is 14.3 Å². The summed E-state index contributed by atoms with van der Waals surface area (Å²) >= 11 is 6.08. The summed E-state index contributed by atoms with van der Waals surface area (Å²) in [5.41, 5.74) is 4.15. The van der Waals surface area contributed by atoms with Crippen LogP contribution in [0.2, 0.25) is 5.02 Å². The highest BCUT2D eigenvalue weighted by atomic mass is 35.5. The third-order valence-electron chi connectivity index (χ3n) is 5.91. The number of H-pyrrole nitrogens is 1. The molecular weight excluding hydrogens is 414 g/mol. The minimum Gasteiger partial charge on any atom is -0.494 e. The molecule has 7 heteroatoms. The maximum atomic E-state index is 13.4. The Morgan fingerprint density at radius 3 is 2.65 bits per heavy atom. The van der Waals surface area contributed by atoms with Gasteiger partial charge in [0.25, 0.3) is 5.91 Å². The number of carbonyl (C=O) groups excluding carboxylic acids is 1. The van der Waals surface area contributed by atoms with E-state index in [4.69, 9.17) is 21.1 Å². The van der Waals surface area contributed by atoms with Crippen molar-refractivity contribution in [3.8, 4) is 17.0 Å². The first-order valence-corrected chi connectivity index (χ1v) is 11.0. The Balaban J connectivity index is 1.58. The lowest BCUT2D eigenvalue weighted by Crippen LogP contribution is -2.36. The molecule has 0 saturated carbocycles. The minimum atomic E-state index is -0.244. The zero-order chi connectivity index (χ0) is 21.4. The van der Waals surface area contributed by atoms with Crippen molar-refractivity contribution in [2.45, 2.75) is 31.9 Å². The van der Waals surface area contributed by atoms with Crippen LogP contribution in [0.3, 0.4) is 0 Å². The standard InChI is InChI=1S/C24H24ClN3O3/c1-2-30-18-11-7-16(8-12-18)23-20-21(15-5-9-17(25)10-6-15)26-27-22(20)24(29)28(23)14-19-4-3-13-31-19/h5-12,19,23H,2-4,13-14H2,1H3,(H,26,27). The lowest BCUT2D eigenvalue weighted by atomic mass is 9.96. The predicted molar refractivity (Wildman–Crippen MR) is 118 cm³/mol. The first-order valence-electron chi connectivity index (χ1n) is 10.6. The molecule has 0 spiro atoms. The lowest BCUT2D eigenvalue weighted by Gasteiger charge is -2.28. The average Bonchev–Trinajstić information content (AvgIpc) is 3.50. The Morgan fingerprint density at radius 1 is 1.19 bits per heavy atom. The van der Waals surface area contributed by atoms with Crippen molar-refractivity contribution in [1.29, 1.82) is 0 Å². The van der Waals surface area contributed by atoms with Crippen LogP contribution in [0.5, 0.6) is 5.75 Å². The molecule has 1 saturated heterocycles. The molecule has 5 rings (SSSR count). The molecule has 2 aliphatic rings. The number of hydrogen-bond acceptors (Lipinski definition) is 4. The number of rotatable bonds is 6. The lowest BCUT2D eigenvalue weighted by molar-refractivity contribution is 0.0495. The molecule has 1 amide bonds. The van der Waals surface area contributed by atoms with E-state index >= 15 is 0 Å². The average molecular weight is 438 g/mol. The van der Waals surface area contributed by atoms with Crippen LogP contribution < -0.4 is 4.74 Å². The summed E-state index contributed by atoms with van der Waals surface area (Å²) < 4.78 is 11.5. The third-order valence-corrected chi connectivity index (χ3v) is 6.16. The number of carbonyl (C=O) groups is 1. The molecule has 2 aliphatic heterocycles. The quantitative estimate of drug-likeness (QED) is 0.598. The number of aromatic amines is 1. The summed E-state index contributed by atoms with van der Waals surface area (Å²) in [5, 5.41) is 8.16. The number of hydrogen-bond donors (Lipinski definition) is 1. The van der Waals surface area contributed by atoms with Gasteiger partial charge in [-0.2, -0.15) is 5.10 Å². The Bertz CT molecular complexity index is 1070. The fraction of sp³-hybridized carbons (Fsp3) is 0.333. The number of halogens is 1. The molecule has 1 N–H and O–H groups in total. The maximum Gasteiger partial charge on any atom is 0.273 e. The van der Waals surface area contributed by atoms with E-state index in [1.54, 1.807) is 0 Å². The zero-order valence-corrected chi connectivity index (χ0v) is 18.1. The smallest absolute Gasteiger partial charge is 0.273 e. The van der Waals surface area contributed by atoms with Gasteiger partial charge in [-0.05, 0) is 49.6 Å². The monoisotopic (exact) mass is 437 g/mol. The number of fused-ring (bicyclic) bond motifs is 1. The summed E-state index contributed by atoms with van der Waals surface area (Å²) in [6.45, 7) is 3.88. The van der Waals surface area contributed by atoms with Crippen LogP contribution in [0, 0.1) is 0 Å². The molecule has 3 heterocycles. The highest BCUT2D eigenvalue weighted by molar-refractivity contribution is 6.30. The van der Waals surface area contributed by atoms with E-state index in [2.05, 4.69) is 10.2 Å². The molecule has 1 aromatic heterocycles. The van der Waals surface area contributed by atoms with Crippen LogP contribution in [-0.4, -0.2) is 46.9 Å². The van der Waals surface area contributed by atoms with Crippen molar-refractivity contribution in [1.82, 2.24) is 15.1 Å². The summed E-state index contributed by atoms with van der Waals surface area (Å²) in [4.78, 5) is 15.3. The van der Waals surface area contributed by atoms with E-state index in [0.29, 0.717) is 23.9 Å². The normalized spacial score (nSPS) is 20.3. The Hall–Kier alpha value is -2.83. The summed E-state index contributed by atoms with van der Waals surface area (Å²) in [6, 6.07) is 15.3. The van der Waals surface area contributed by atoms with Gasteiger partial charge in [0.2, 0.25) is 0 Å². The van der Waals surface area contributed by atoms with Crippen molar-refractivity contribution >= 4 is 17.5 Å². The SMILES string of the molecule is CCOc1ccc(C2c3c(-c4ccc(Cl)cc4)n[nH]c3C(=O)N2CC2CCCO2)cc1. The Morgan fingerprint density at radius 2 is 1.97 bits per heavy atom. The number of aromatic nitrogens is 2. The molecule has 0 aliphatic carbocycles. The molecule has 2 aromatic carbocycles. The molecule has 31 heavy (non-hydrogen) atoms.